The van der Waals surface area contributed by atoms with Gasteiger partial charge in [-0.15, -0.1) is 6.58 Å². The molecular weight excluding hydrogens is 264 g/mol. The highest BCUT2D eigenvalue weighted by molar-refractivity contribution is 5.72. The van der Waals surface area contributed by atoms with Crippen molar-refractivity contribution in [3.05, 3.63) is 24.8 Å². The summed E-state index contributed by atoms with van der Waals surface area (Å²) in [5, 5.41) is 17.6. The van der Waals surface area contributed by atoms with Crippen LogP contribution in [0.2, 0.25) is 0 Å². The van der Waals surface area contributed by atoms with E-state index in [0.29, 0.717) is 0 Å². The normalized spacial score (nSPS) is 12.6. The third-order valence-corrected chi connectivity index (χ3v) is 3.59. The Labute approximate surface area is 129 Å². The van der Waals surface area contributed by atoms with Gasteiger partial charge in [-0.25, -0.2) is 4.79 Å². The Hall–Kier alpha value is -1.09. The maximum Gasteiger partial charge on any atom is 0.332 e. The maximum absolute atomic E-state index is 10.4. The number of aliphatic hydroxyl groups excluding tert-OH is 1. The molecule has 0 aromatic heterocycles. The molecule has 0 spiro atoms. The van der Waals surface area contributed by atoms with Gasteiger partial charge in [-0.1, -0.05) is 63.2 Å². The number of aliphatic hydroxyl groups is 1. The van der Waals surface area contributed by atoms with Crippen LogP contribution in [0.25, 0.3) is 0 Å². The molecule has 122 valence electrons. The fourth-order valence-corrected chi connectivity index (χ4v) is 2.23. The molecule has 0 bridgehead atoms. The van der Waals surface area contributed by atoms with Crippen LogP contribution >= 0.6 is 0 Å². The lowest BCUT2D eigenvalue weighted by Crippen LogP contribution is -2.17. The molecule has 21 heavy (non-hydrogen) atoms. The summed E-state index contributed by atoms with van der Waals surface area (Å²) < 4.78 is 0. The molecule has 3 nitrogen and oxygen atoms in total. The van der Waals surface area contributed by atoms with Gasteiger partial charge in [0, 0.05) is 6.42 Å². The third-order valence-electron chi connectivity index (χ3n) is 3.59. The summed E-state index contributed by atoms with van der Waals surface area (Å²) in [6.45, 7) is 3.73. The molecule has 2 N–H and O–H groups in total. The Balaban J connectivity index is 3.17. The van der Waals surface area contributed by atoms with E-state index in [4.69, 9.17) is 10.2 Å². The largest absolute Gasteiger partial charge is 0.479 e. The monoisotopic (exact) mass is 296 g/mol. The van der Waals surface area contributed by atoms with E-state index in [9.17, 15) is 4.79 Å². The van der Waals surface area contributed by atoms with E-state index in [1.165, 1.54) is 51.4 Å². The van der Waals surface area contributed by atoms with Crippen LogP contribution < -0.4 is 0 Å². The second-order valence-electron chi connectivity index (χ2n) is 5.61. The SMILES string of the molecule is C=CCCCCCCCCCCC/C=C/CC(O)C(=O)O. The predicted molar refractivity (Wildman–Crippen MR) is 88.4 cm³/mol. The highest BCUT2D eigenvalue weighted by atomic mass is 16.4. The molecule has 3 heteroatoms. The fourth-order valence-electron chi connectivity index (χ4n) is 2.23. The summed E-state index contributed by atoms with van der Waals surface area (Å²) in [5.41, 5.74) is 0. The molecule has 0 heterocycles. The van der Waals surface area contributed by atoms with Gasteiger partial charge in [0.2, 0.25) is 0 Å². The Morgan fingerprint density at radius 3 is 1.81 bits per heavy atom. The second-order valence-corrected chi connectivity index (χ2v) is 5.61. The van der Waals surface area contributed by atoms with Gasteiger partial charge in [0.1, 0.15) is 0 Å². The topological polar surface area (TPSA) is 57.5 Å². The van der Waals surface area contributed by atoms with Gasteiger partial charge in [0.15, 0.2) is 6.10 Å². The second kappa shape index (κ2) is 15.3. The van der Waals surface area contributed by atoms with Crippen molar-refractivity contribution in [2.75, 3.05) is 0 Å². The van der Waals surface area contributed by atoms with Crippen LogP contribution in [0.4, 0.5) is 0 Å². The molecule has 0 saturated carbocycles. The van der Waals surface area contributed by atoms with Gasteiger partial charge < -0.3 is 10.2 Å². The van der Waals surface area contributed by atoms with Gasteiger partial charge >= 0.3 is 5.97 Å². The van der Waals surface area contributed by atoms with Crippen LogP contribution in [-0.4, -0.2) is 22.3 Å². The summed E-state index contributed by atoms with van der Waals surface area (Å²) in [5.74, 6) is -1.15. The van der Waals surface area contributed by atoms with Crippen molar-refractivity contribution < 1.29 is 15.0 Å². The molecule has 0 rings (SSSR count). The summed E-state index contributed by atoms with van der Waals surface area (Å²) in [4.78, 5) is 10.4. The zero-order chi connectivity index (χ0) is 15.8. The standard InChI is InChI=1S/C18H32O3/c1-2-3-4-5-6-7-8-9-10-11-12-13-14-15-16-17(19)18(20)21/h2,14-15,17,19H,1,3-13,16H2,(H,20,21)/b15-14+. The van der Waals surface area contributed by atoms with Crippen molar-refractivity contribution in [1.82, 2.24) is 0 Å². The van der Waals surface area contributed by atoms with Crippen LogP contribution in [-0.2, 0) is 4.79 Å². The Kier molecular flexibility index (Phi) is 14.5. The van der Waals surface area contributed by atoms with Crippen molar-refractivity contribution in [2.24, 2.45) is 0 Å². The Morgan fingerprint density at radius 1 is 0.857 bits per heavy atom. The van der Waals surface area contributed by atoms with E-state index < -0.39 is 12.1 Å². The van der Waals surface area contributed by atoms with E-state index >= 15 is 0 Å². The third kappa shape index (κ3) is 15.1. The molecule has 0 aliphatic rings. The average Bonchev–Trinajstić information content (AvgIpc) is 2.47. The number of aliphatic carboxylic acids is 1. The van der Waals surface area contributed by atoms with Gasteiger partial charge in [-0.2, -0.15) is 0 Å². The molecule has 0 aliphatic heterocycles. The number of carbonyl (C=O) groups is 1. The van der Waals surface area contributed by atoms with Crippen molar-refractivity contribution in [3.8, 4) is 0 Å². The van der Waals surface area contributed by atoms with Crippen LogP contribution in [0, 0.1) is 0 Å². The van der Waals surface area contributed by atoms with Crippen molar-refractivity contribution in [1.29, 1.82) is 0 Å². The van der Waals surface area contributed by atoms with Crippen LogP contribution in [0.3, 0.4) is 0 Å². The predicted octanol–water partition coefficient (Wildman–Crippen LogP) is 4.86. The van der Waals surface area contributed by atoms with Crippen LogP contribution in [0.5, 0.6) is 0 Å². The summed E-state index contributed by atoms with van der Waals surface area (Å²) >= 11 is 0. The number of hydrogen-bond acceptors (Lipinski definition) is 2. The van der Waals surface area contributed by atoms with Crippen molar-refractivity contribution in [2.45, 2.75) is 83.2 Å². The number of allylic oxidation sites excluding steroid dienone is 2. The minimum Gasteiger partial charge on any atom is -0.479 e. The van der Waals surface area contributed by atoms with Gasteiger partial charge in [-0.05, 0) is 25.7 Å². The van der Waals surface area contributed by atoms with Crippen molar-refractivity contribution in [3.63, 3.8) is 0 Å². The highest BCUT2D eigenvalue weighted by Crippen LogP contribution is 2.11. The Bertz CT molecular complexity index is 284. The molecule has 0 amide bonds. The zero-order valence-corrected chi connectivity index (χ0v) is 13.3. The quantitative estimate of drug-likeness (QED) is 0.335. The molecule has 0 radical (unpaired) electrons. The summed E-state index contributed by atoms with van der Waals surface area (Å²) in [6.07, 6.45) is 18.5. The zero-order valence-electron chi connectivity index (χ0n) is 13.3. The smallest absolute Gasteiger partial charge is 0.332 e. The van der Waals surface area contributed by atoms with E-state index in [0.717, 1.165) is 19.3 Å². The fraction of sp³-hybridized carbons (Fsp3) is 0.722. The first-order chi connectivity index (χ1) is 10.2. The number of rotatable bonds is 15. The molecule has 0 aromatic rings. The first-order valence-corrected chi connectivity index (χ1v) is 8.35. The molecule has 1 atom stereocenters. The molecule has 0 aliphatic carbocycles. The minimum atomic E-state index is -1.26. The lowest BCUT2D eigenvalue weighted by molar-refractivity contribution is -0.146. The lowest BCUT2D eigenvalue weighted by Gasteiger charge is -2.01. The van der Waals surface area contributed by atoms with E-state index in [2.05, 4.69) is 6.58 Å². The average molecular weight is 296 g/mol. The van der Waals surface area contributed by atoms with Gasteiger partial charge in [0.05, 0.1) is 0 Å². The molecule has 0 fully saturated rings. The van der Waals surface area contributed by atoms with Crippen molar-refractivity contribution >= 4 is 5.97 Å². The number of carboxylic acid groups (broad SMARTS) is 1. The number of carboxylic acids is 1. The van der Waals surface area contributed by atoms with Crippen LogP contribution in [0.1, 0.15) is 77.0 Å². The van der Waals surface area contributed by atoms with E-state index in [1.54, 1.807) is 6.08 Å². The lowest BCUT2D eigenvalue weighted by atomic mass is 10.1. The summed E-state index contributed by atoms with van der Waals surface area (Å²) in [7, 11) is 0. The number of unbranched alkanes of at least 4 members (excludes halogenated alkanes) is 10. The minimum absolute atomic E-state index is 0.210. The van der Waals surface area contributed by atoms with Gasteiger partial charge in [-0.3, -0.25) is 0 Å². The van der Waals surface area contributed by atoms with E-state index in [1.807, 2.05) is 12.2 Å². The number of hydrogen-bond donors (Lipinski definition) is 2. The maximum atomic E-state index is 10.4. The van der Waals surface area contributed by atoms with Crippen LogP contribution in [0.15, 0.2) is 24.8 Å². The van der Waals surface area contributed by atoms with Gasteiger partial charge in [0.25, 0.3) is 0 Å². The molecule has 1 unspecified atom stereocenters. The molecule has 0 saturated heterocycles. The Morgan fingerprint density at radius 2 is 1.33 bits per heavy atom. The summed E-state index contributed by atoms with van der Waals surface area (Å²) in [6, 6.07) is 0. The highest BCUT2D eigenvalue weighted by Gasteiger charge is 2.09. The molecule has 0 aromatic carbocycles. The first-order valence-electron chi connectivity index (χ1n) is 8.35. The van der Waals surface area contributed by atoms with E-state index in [-0.39, 0.29) is 6.42 Å². The molecular formula is C18H32O3. The first kappa shape index (κ1) is 19.9.